The summed E-state index contributed by atoms with van der Waals surface area (Å²) in [6, 6.07) is 3.40. The Morgan fingerprint density at radius 3 is 2.89 bits per heavy atom. The Labute approximate surface area is 209 Å². The van der Waals surface area contributed by atoms with E-state index in [4.69, 9.17) is 21.1 Å². The van der Waals surface area contributed by atoms with E-state index in [1.165, 1.54) is 0 Å². The standard InChI is InChI=1S/C27H30ClNO6/c1-25-7-5-16(31)10-15(25)3-4-17-18-11-21-27(20(33)13-30,26(18,2)12-19(32)23(17)25)35-24(34-21)14-6-8-29-22(28)9-14/h3,5-9,17-19,21,23-24,30,32H,4,10-13H2,1-2H3/t17-,18-,19-,21+,23+,24?,25-,26-,27+/m0/s1. The van der Waals surface area contributed by atoms with Crippen molar-refractivity contribution in [1.29, 1.82) is 0 Å². The number of pyridine rings is 1. The minimum atomic E-state index is -1.37. The molecule has 4 aliphatic carbocycles. The maximum atomic E-state index is 13.5. The van der Waals surface area contributed by atoms with Crippen LogP contribution in [0.2, 0.25) is 5.15 Å². The quantitative estimate of drug-likeness (QED) is 0.485. The van der Waals surface area contributed by atoms with Crippen LogP contribution in [-0.4, -0.2) is 51.2 Å². The first-order valence-corrected chi connectivity index (χ1v) is 12.7. The Bertz CT molecular complexity index is 1170. The average molecular weight is 500 g/mol. The number of carbonyl (C=O) groups is 2. The summed E-state index contributed by atoms with van der Waals surface area (Å²) < 4.78 is 12.9. The molecule has 9 atom stereocenters. The molecule has 1 aromatic heterocycles. The number of hydrogen-bond acceptors (Lipinski definition) is 7. The van der Waals surface area contributed by atoms with E-state index in [2.05, 4.69) is 18.0 Å². The lowest BCUT2D eigenvalue weighted by Crippen LogP contribution is -2.63. The summed E-state index contributed by atoms with van der Waals surface area (Å²) in [5.41, 5.74) is -0.771. The average Bonchev–Trinajstić information content (AvgIpc) is 3.32. The third-order valence-corrected chi connectivity index (χ3v) is 9.98. The molecule has 2 heterocycles. The number of carbonyl (C=O) groups excluding carboxylic acids is 2. The number of aliphatic hydroxyl groups is 2. The molecule has 0 aromatic carbocycles. The first kappa shape index (κ1) is 23.5. The molecule has 1 unspecified atom stereocenters. The van der Waals surface area contributed by atoms with E-state index < -0.39 is 47.3 Å². The normalized spacial score (nSPS) is 45.9. The highest BCUT2D eigenvalue weighted by Crippen LogP contribution is 2.70. The van der Waals surface area contributed by atoms with Gasteiger partial charge in [-0.15, -0.1) is 0 Å². The molecule has 35 heavy (non-hydrogen) atoms. The smallest absolute Gasteiger partial charge is 0.193 e. The van der Waals surface area contributed by atoms with Crippen LogP contribution in [0.1, 0.15) is 51.4 Å². The van der Waals surface area contributed by atoms with Crippen LogP contribution in [0.15, 0.2) is 42.1 Å². The predicted octanol–water partition coefficient (Wildman–Crippen LogP) is 3.34. The fraction of sp³-hybridized carbons (Fsp3) is 0.593. The van der Waals surface area contributed by atoms with E-state index in [1.54, 1.807) is 24.4 Å². The first-order valence-electron chi connectivity index (χ1n) is 12.3. The van der Waals surface area contributed by atoms with E-state index in [0.717, 1.165) is 12.0 Å². The van der Waals surface area contributed by atoms with Crippen LogP contribution in [0.3, 0.4) is 0 Å². The molecular weight excluding hydrogens is 470 g/mol. The summed E-state index contributed by atoms with van der Waals surface area (Å²) in [4.78, 5) is 29.6. The number of fused-ring (bicyclic) bond motifs is 7. The van der Waals surface area contributed by atoms with Gasteiger partial charge in [0, 0.05) is 34.9 Å². The molecule has 8 heteroatoms. The van der Waals surface area contributed by atoms with Crippen LogP contribution < -0.4 is 0 Å². The minimum absolute atomic E-state index is 0.0408. The number of hydrogen-bond donors (Lipinski definition) is 2. The van der Waals surface area contributed by atoms with Crippen LogP contribution in [0.5, 0.6) is 0 Å². The number of allylic oxidation sites excluding steroid dienone is 4. The van der Waals surface area contributed by atoms with Gasteiger partial charge in [0.05, 0.1) is 12.2 Å². The topological polar surface area (TPSA) is 106 Å². The van der Waals surface area contributed by atoms with Crippen LogP contribution in [-0.2, 0) is 19.1 Å². The SMILES string of the molecule is C[C@]12C=CC(=O)CC1=CC[C@@H]1[C@@H]2[C@@H](O)C[C@@]2(C)[C@H]1C[C@H]1OC(c3ccnc(Cl)c3)O[C@]12C(=O)CO. The van der Waals surface area contributed by atoms with Crippen molar-refractivity contribution >= 4 is 23.2 Å². The molecule has 1 saturated heterocycles. The number of aromatic nitrogens is 1. The lowest BCUT2D eigenvalue weighted by Gasteiger charge is -2.59. The second-order valence-corrected chi connectivity index (χ2v) is 11.6. The molecule has 0 amide bonds. The van der Waals surface area contributed by atoms with Crippen molar-refractivity contribution in [2.75, 3.05) is 6.61 Å². The van der Waals surface area contributed by atoms with Gasteiger partial charge in [0.2, 0.25) is 0 Å². The zero-order chi connectivity index (χ0) is 24.8. The van der Waals surface area contributed by atoms with Crippen molar-refractivity contribution in [3.8, 4) is 0 Å². The van der Waals surface area contributed by atoms with Crippen LogP contribution in [0.25, 0.3) is 0 Å². The molecule has 0 bridgehead atoms. The molecule has 1 aromatic rings. The number of aliphatic hydroxyl groups excluding tert-OH is 2. The van der Waals surface area contributed by atoms with E-state index in [-0.39, 0.29) is 23.5 Å². The molecule has 0 radical (unpaired) electrons. The second-order valence-electron chi connectivity index (χ2n) is 11.2. The Hall–Kier alpha value is -1.90. The summed E-state index contributed by atoms with van der Waals surface area (Å²) in [6.07, 6.45) is 7.33. The number of rotatable bonds is 3. The van der Waals surface area contributed by atoms with Gasteiger partial charge in [-0.05, 0) is 49.3 Å². The van der Waals surface area contributed by atoms with Crippen molar-refractivity contribution in [2.24, 2.45) is 28.6 Å². The van der Waals surface area contributed by atoms with Crippen molar-refractivity contribution in [1.82, 2.24) is 4.98 Å². The van der Waals surface area contributed by atoms with E-state index >= 15 is 0 Å². The van der Waals surface area contributed by atoms with E-state index in [0.29, 0.717) is 30.0 Å². The highest BCUT2D eigenvalue weighted by Gasteiger charge is 2.75. The van der Waals surface area contributed by atoms with Gasteiger partial charge in [-0.1, -0.05) is 43.2 Å². The molecule has 0 spiro atoms. The van der Waals surface area contributed by atoms with Crippen molar-refractivity contribution in [2.45, 2.75) is 63.6 Å². The molecule has 2 saturated carbocycles. The van der Waals surface area contributed by atoms with Gasteiger partial charge >= 0.3 is 0 Å². The largest absolute Gasteiger partial charge is 0.393 e. The molecule has 186 valence electrons. The van der Waals surface area contributed by atoms with Crippen molar-refractivity contribution in [3.63, 3.8) is 0 Å². The summed E-state index contributed by atoms with van der Waals surface area (Å²) in [5, 5.41) is 22.0. The van der Waals surface area contributed by atoms with Gasteiger partial charge in [-0.25, -0.2) is 4.98 Å². The third kappa shape index (κ3) is 3.02. The van der Waals surface area contributed by atoms with Gasteiger partial charge in [-0.3, -0.25) is 9.59 Å². The van der Waals surface area contributed by atoms with Gasteiger partial charge in [0.1, 0.15) is 11.8 Å². The summed E-state index contributed by atoms with van der Waals surface area (Å²) >= 11 is 6.09. The van der Waals surface area contributed by atoms with Crippen LogP contribution in [0.4, 0.5) is 0 Å². The second kappa shape index (κ2) is 7.80. The predicted molar refractivity (Wildman–Crippen MR) is 126 cm³/mol. The van der Waals surface area contributed by atoms with Crippen LogP contribution in [0, 0.1) is 28.6 Å². The molecule has 5 aliphatic rings. The zero-order valence-electron chi connectivity index (χ0n) is 19.8. The number of ketones is 2. The fourth-order valence-electron chi connectivity index (χ4n) is 8.31. The fourth-order valence-corrected chi connectivity index (χ4v) is 8.49. The first-order chi connectivity index (χ1) is 16.6. The zero-order valence-corrected chi connectivity index (χ0v) is 20.6. The lowest BCUT2D eigenvalue weighted by molar-refractivity contribution is -0.199. The van der Waals surface area contributed by atoms with Crippen molar-refractivity contribution < 1.29 is 29.3 Å². The molecule has 2 N–H and O–H groups in total. The molecule has 1 aliphatic heterocycles. The summed E-state index contributed by atoms with van der Waals surface area (Å²) in [6.45, 7) is 3.46. The maximum Gasteiger partial charge on any atom is 0.193 e. The van der Waals surface area contributed by atoms with Gasteiger partial charge in [-0.2, -0.15) is 0 Å². The van der Waals surface area contributed by atoms with Gasteiger partial charge in [0.15, 0.2) is 23.5 Å². The Kier molecular flexibility index (Phi) is 5.23. The highest BCUT2D eigenvalue weighted by atomic mass is 35.5. The summed E-state index contributed by atoms with van der Waals surface area (Å²) in [5.74, 6) is -0.263. The highest BCUT2D eigenvalue weighted by molar-refractivity contribution is 6.29. The molecular formula is C27H30ClNO6. The molecule has 6 rings (SSSR count). The Morgan fingerprint density at radius 2 is 2.14 bits per heavy atom. The van der Waals surface area contributed by atoms with E-state index in [1.807, 2.05) is 13.0 Å². The third-order valence-electron chi connectivity index (χ3n) is 9.78. The number of ether oxygens (including phenoxy) is 2. The van der Waals surface area contributed by atoms with E-state index in [9.17, 15) is 19.8 Å². The number of nitrogens with zero attached hydrogens (tertiary/aromatic N) is 1. The maximum absolute atomic E-state index is 13.5. The summed E-state index contributed by atoms with van der Waals surface area (Å²) in [7, 11) is 0. The van der Waals surface area contributed by atoms with Crippen LogP contribution >= 0.6 is 11.6 Å². The van der Waals surface area contributed by atoms with Gasteiger partial charge in [0.25, 0.3) is 0 Å². The minimum Gasteiger partial charge on any atom is -0.393 e. The number of halogens is 1. The molecule has 3 fully saturated rings. The molecule has 7 nitrogen and oxygen atoms in total. The monoisotopic (exact) mass is 499 g/mol. The Morgan fingerprint density at radius 1 is 1.34 bits per heavy atom. The lowest BCUT2D eigenvalue weighted by atomic mass is 9.47. The Balaban J connectivity index is 1.41. The van der Waals surface area contributed by atoms with Gasteiger partial charge < -0.3 is 19.7 Å². The number of Topliss-reactive ketones (excluding diaryl/α,β-unsaturated/α-hetero) is 1. The van der Waals surface area contributed by atoms with Crippen molar-refractivity contribution in [3.05, 3.63) is 52.8 Å².